The number of amides is 1. The molecule has 1 fully saturated rings. The zero-order valence-corrected chi connectivity index (χ0v) is 22.4. The summed E-state index contributed by atoms with van der Waals surface area (Å²) in [6.07, 6.45) is 1.83. The van der Waals surface area contributed by atoms with Crippen LogP contribution in [0, 0.1) is 26.7 Å². The maximum absolute atomic E-state index is 12.3. The number of carbonyl (C=O) groups is 1. The number of anilines is 2. The minimum atomic E-state index is -0.0922. The highest BCUT2D eigenvalue weighted by Crippen LogP contribution is 2.44. The molecule has 35 heavy (non-hydrogen) atoms. The second-order valence-corrected chi connectivity index (χ2v) is 10.3. The van der Waals surface area contributed by atoms with E-state index < -0.39 is 0 Å². The van der Waals surface area contributed by atoms with Crippen molar-refractivity contribution in [2.45, 2.75) is 66.6 Å². The van der Waals surface area contributed by atoms with Gasteiger partial charge in [-0.25, -0.2) is 0 Å². The molecule has 0 spiro atoms. The lowest BCUT2D eigenvalue weighted by atomic mass is 9.96. The minimum absolute atomic E-state index is 0.00780. The van der Waals surface area contributed by atoms with Gasteiger partial charge in [0.05, 0.1) is 17.8 Å². The Labute approximate surface area is 213 Å². The number of hydrogen-bond acceptors (Lipinski definition) is 3. The van der Waals surface area contributed by atoms with E-state index in [4.69, 9.17) is 12.2 Å². The third-order valence-corrected chi connectivity index (χ3v) is 7.04. The maximum atomic E-state index is 12.3. The zero-order chi connectivity index (χ0) is 25.4. The number of benzene rings is 1. The highest BCUT2D eigenvalue weighted by atomic mass is 32.1. The van der Waals surface area contributed by atoms with Gasteiger partial charge < -0.3 is 20.1 Å². The molecule has 0 bridgehead atoms. The summed E-state index contributed by atoms with van der Waals surface area (Å²) in [4.78, 5) is 19.1. The second kappa shape index (κ2) is 9.82. The van der Waals surface area contributed by atoms with Crippen molar-refractivity contribution in [3.05, 3.63) is 76.9 Å². The summed E-state index contributed by atoms with van der Waals surface area (Å²) in [5.41, 5.74) is 7.45. The molecule has 2 N–H and O–H groups in total. The third-order valence-electron chi connectivity index (χ3n) is 6.73. The Hall–Kier alpha value is -3.19. The van der Waals surface area contributed by atoms with Crippen LogP contribution < -0.4 is 15.5 Å². The smallest absolute Gasteiger partial charge is 0.226 e. The summed E-state index contributed by atoms with van der Waals surface area (Å²) < 4.78 is 2.38. The van der Waals surface area contributed by atoms with E-state index in [-0.39, 0.29) is 23.9 Å². The van der Waals surface area contributed by atoms with Gasteiger partial charge in [-0.2, -0.15) is 0 Å². The van der Waals surface area contributed by atoms with Crippen LogP contribution in [0.15, 0.2) is 48.7 Å². The molecule has 3 aromatic rings. The lowest BCUT2D eigenvalue weighted by Gasteiger charge is -2.29. The lowest BCUT2D eigenvalue weighted by Crippen LogP contribution is -2.29. The number of aryl methyl sites for hydroxylation is 2. The molecule has 0 unspecified atom stereocenters. The number of pyridine rings is 1. The Morgan fingerprint density at radius 3 is 2.40 bits per heavy atom. The number of rotatable bonds is 6. The molecule has 1 aromatic carbocycles. The van der Waals surface area contributed by atoms with E-state index in [1.54, 1.807) is 0 Å². The molecule has 1 aliphatic rings. The predicted octanol–water partition coefficient (Wildman–Crippen LogP) is 6.16. The van der Waals surface area contributed by atoms with Gasteiger partial charge in [0.2, 0.25) is 5.91 Å². The molecule has 6 nitrogen and oxygen atoms in total. The van der Waals surface area contributed by atoms with Crippen LogP contribution in [0.5, 0.6) is 0 Å². The van der Waals surface area contributed by atoms with Gasteiger partial charge >= 0.3 is 0 Å². The van der Waals surface area contributed by atoms with Crippen LogP contribution in [0.25, 0.3) is 0 Å². The van der Waals surface area contributed by atoms with Crippen LogP contribution in [0.1, 0.15) is 74.0 Å². The average molecular weight is 490 g/mol. The topological polar surface area (TPSA) is 62.2 Å². The van der Waals surface area contributed by atoms with Gasteiger partial charge in [-0.15, -0.1) is 0 Å². The van der Waals surface area contributed by atoms with E-state index in [2.05, 4.69) is 64.9 Å². The predicted molar refractivity (Wildman–Crippen MR) is 147 cm³/mol. The van der Waals surface area contributed by atoms with Crippen molar-refractivity contribution in [1.29, 1.82) is 0 Å². The molecule has 2 atom stereocenters. The SMILES string of the molecule is Cc1cc(N2C(=S)N[C@@H](c3ccccn3)[C@@H]2c2cc(C)n(C(C)C)c2C)ccc1NC(=O)C(C)C. The molecule has 0 radical (unpaired) electrons. The molecular formula is C28H35N5OS. The summed E-state index contributed by atoms with van der Waals surface area (Å²) in [5, 5.41) is 7.24. The molecular weight excluding hydrogens is 454 g/mol. The van der Waals surface area contributed by atoms with Gasteiger partial charge in [0, 0.05) is 40.9 Å². The molecule has 7 heteroatoms. The molecule has 184 valence electrons. The van der Waals surface area contributed by atoms with Gasteiger partial charge in [0.1, 0.15) is 0 Å². The number of hydrogen-bond donors (Lipinski definition) is 2. The van der Waals surface area contributed by atoms with Crippen molar-refractivity contribution in [2.75, 3.05) is 10.2 Å². The molecule has 1 amide bonds. The van der Waals surface area contributed by atoms with Crippen LogP contribution in [0.4, 0.5) is 11.4 Å². The van der Waals surface area contributed by atoms with E-state index in [9.17, 15) is 4.79 Å². The first-order valence-corrected chi connectivity index (χ1v) is 12.6. The summed E-state index contributed by atoms with van der Waals surface area (Å²) in [6, 6.07) is 14.6. The molecule has 0 aliphatic carbocycles. The van der Waals surface area contributed by atoms with Crippen LogP contribution >= 0.6 is 12.2 Å². The third kappa shape index (κ3) is 4.69. The highest BCUT2D eigenvalue weighted by Gasteiger charge is 2.42. The van der Waals surface area contributed by atoms with Crippen molar-refractivity contribution in [3.63, 3.8) is 0 Å². The van der Waals surface area contributed by atoms with Crippen LogP contribution in [-0.2, 0) is 4.79 Å². The van der Waals surface area contributed by atoms with Crippen molar-refractivity contribution >= 4 is 34.6 Å². The highest BCUT2D eigenvalue weighted by molar-refractivity contribution is 7.80. The average Bonchev–Trinajstić information content (AvgIpc) is 3.30. The van der Waals surface area contributed by atoms with Crippen LogP contribution in [0.3, 0.4) is 0 Å². The fraction of sp³-hybridized carbons (Fsp3) is 0.393. The maximum Gasteiger partial charge on any atom is 0.226 e. The lowest BCUT2D eigenvalue weighted by molar-refractivity contribution is -0.118. The summed E-state index contributed by atoms with van der Waals surface area (Å²) in [6.45, 7) is 14.6. The second-order valence-electron chi connectivity index (χ2n) is 9.93. The molecule has 2 aromatic heterocycles. The molecule has 4 rings (SSSR count). The van der Waals surface area contributed by atoms with E-state index in [0.29, 0.717) is 11.2 Å². The Morgan fingerprint density at radius 2 is 1.83 bits per heavy atom. The first-order valence-electron chi connectivity index (χ1n) is 12.2. The van der Waals surface area contributed by atoms with Gasteiger partial charge in [0.15, 0.2) is 5.11 Å². The standard InChI is InChI=1S/C28H35N5OS/c1-16(2)27(34)30-23-12-11-21(14-18(23)5)33-26(22-15-19(6)32(17(3)4)20(22)7)25(31-28(33)35)24-10-8-9-13-29-24/h8-17,25-26H,1-7H3,(H,30,34)(H,31,35)/t25-,26-/m0/s1. The fourth-order valence-electron chi connectivity index (χ4n) is 5.06. The van der Waals surface area contributed by atoms with E-state index in [0.717, 1.165) is 22.6 Å². The van der Waals surface area contributed by atoms with E-state index in [1.165, 1.54) is 17.0 Å². The largest absolute Gasteiger partial charge is 0.351 e. The van der Waals surface area contributed by atoms with Crippen LogP contribution in [-0.4, -0.2) is 20.6 Å². The van der Waals surface area contributed by atoms with Gasteiger partial charge in [0.25, 0.3) is 0 Å². The van der Waals surface area contributed by atoms with Crippen molar-refractivity contribution in [2.24, 2.45) is 5.92 Å². The summed E-state index contributed by atoms with van der Waals surface area (Å²) in [7, 11) is 0. The Bertz CT molecular complexity index is 1250. The normalized spacial score (nSPS) is 17.9. The zero-order valence-electron chi connectivity index (χ0n) is 21.6. The number of aromatic nitrogens is 2. The van der Waals surface area contributed by atoms with Crippen molar-refractivity contribution < 1.29 is 4.79 Å². The molecule has 3 heterocycles. The number of nitrogens with one attached hydrogen (secondary N) is 2. The Morgan fingerprint density at radius 1 is 1.09 bits per heavy atom. The summed E-state index contributed by atoms with van der Waals surface area (Å²) in [5.74, 6) is -0.0717. The monoisotopic (exact) mass is 489 g/mol. The summed E-state index contributed by atoms with van der Waals surface area (Å²) >= 11 is 5.90. The van der Waals surface area contributed by atoms with Gasteiger partial charge in [-0.1, -0.05) is 19.9 Å². The molecule has 1 aliphatic heterocycles. The number of carbonyl (C=O) groups excluding carboxylic acids is 1. The number of nitrogens with zero attached hydrogens (tertiary/aromatic N) is 3. The quantitative estimate of drug-likeness (QED) is 0.406. The van der Waals surface area contributed by atoms with Crippen molar-refractivity contribution in [3.8, 4) is 0 Å². The Kier molecular flexibility index (Phi) is 6.99. The minimum Gasteiger partial charge on any atom is -0.351 e. The van der Waals surface area contributed by atoms with Gasteiger partial charge in [-0.3, -0.25) is 9.78 Å². The number of thiocarbonyl (C=S) groups is 1. The fourth-order valence-corrected chi connectivity index (χ4v) is 5.41. The first kappa shape index (κ1) is 24.9. The first-order chi connectivity index (χ1) is 16.6. The Balaban J connectivity index is 1.81. The van der Waals surface area contributed by atoms with Crippen LogP contribution in [0.2, 0.25) is 0 Å². The van der Waals surface area contributed by atoms with E-state index >= 15 is 0 Å². The van der Waals surface area contributed by atoms with E-state index in [1.807, 2.05) is 57.3 Å². The van der Waals surface area contributed by atoms with Gasteiger partial charge in [-0.05, 0) is 94.4 Å². The molecule has 1 saturated heterocycles. The molecule has 0 saturated carbocycles. The van der Waals surface area contributed by atoms with Crippen molar-refractivity contribution in [1.82, 2.24) is 14.9 Å².